The van der Waals surface area contributed by atoms with Crippen LogP contribution < -0.4 is 5.32 Å². The molecule has 0 aliphatic heterocycles. The molecule has 0 radical (unpaired) electrons. The van der Waals surface area contributed by atoms with Gasteiger partial charge in [-0.15, -0.1) is 0 Å². The van der Waals surface area contributed by atoms with E-state index in [2.05, 4.69) is 39.0 Å². The Morgan fingerprint density at radius 1 is 1.33 bits per heavy atom. The molecule has 0 spiro atoms. The fourth-order valence-corrected chi connectivity index (χ4v) is 1.40. The topological polar surface area (TPSA) is 67.3 Å². The van der Waals surface area contributed by atoms with Crippen molar-refractivity contribution in [3.05, 3.63) is 18.1 Å². The highest BCUT2D eigenvalue weighted by Crippen LogP contribution is 2.02. The molecule has 1 aromatic rings. The van der Waals surface area contributed by atoms with Crippen molar-refractivity contribution in [2.45, 2.75) is 12.8 Å². The van der Waals surface area contributed by atoms with E-state index in [1.54, 1.807) is 0 Å². The molecule has 0 amide bonds. The zero-order valence-electron chi connectivity index (χ0n) is 11.1. The number of carbonyl (C=O) groups is 1. The molecule has 1 aromatic heterocycles. The molecule has 0 atom stereocenters. The van der Waals surface area contributed by atoms with E-state index in [0.29, 0.717) is 5.82 Å². The normalized spacial score (nSPS) is 10.4. The summed E-state index contributed by atoms with van der Waals surface area (Å²) in [6.45, 7) is 1.93. The van der Waals surface area contributed by atoms with Gasteiger partial charge < -0.3 is 15.0 Å². The van der Waals surface area contributed by atoms with Gasteiger partial charge in [-0.05, 0) is 33.5 Å². The zero-order valence-corrected chi connectivity index (χ0v) is 11.1. The predicted molar refractivity (Wildman–Crippen MR) is 69.6 cm³/mol. The Hall–Kier alpha value is -1.69. The minimum atomic E-state index is -0.472. The lowest BCUT2D eigenvalue weighted by Crippen LogP contribution is -2.14. The van der Waals surface area contributed by atoms with Crippen molar-refractivity contribution < 1.29 is 9.53 Å². The fourth-order valence-electron chi connectivity index (χ4n) is 1.40. The van der Waals surface area contributed by atoms with Crippen molar-refractivity contribution in [1.82, 2.24) is 14.9 Å². The van der Waals surface area contributed by atoms with Crippen LogP contribution in [-0.4, -0.2) is 55.1 Å². The maximum absolute atomic E-state index is 11.1. The molecule has 0 fully saturated rings. The molecular weight excluding hydrogens is 232 g/mol. The minimum absolute atomic E-state index is 0.218. The van der Waals surface area contributed by atoms with Gasteiger partial charge in [-0.2, -0.15) is 0 Å². The van der Waals surface area contributed by atoms with Crippen LogP contribution >= 0.6 is 0 Å². The average molecular weight is 252 g/mol. The second kappa shape index (κ2) is 7.60. The number of aromatic nitrogens is 2. The molecule has 6 nitrogen and oxygen atoms in total. The Kier molecular flexibility index (Phi) is 6.07. The third-order valence-electron chi connectivity index (χ3n) is 2.38. The second-order valence-electron chi connectivity index (χ2n) is 4.22. The minimum Gasteiger partial charge on any atom is -0.464 e. The van der Waals surface area contributed by atoms with Crippen LogP contribution in [0.25, 0.3) is 0 Å². The standard InChI is InChI=1S/C12H20N4O2/c1-16(2)7-5-4-6-13-11-9-14-10(8-15-11)12(17)18-3/h8-9H,4-7H2,1-3H3,(H,13,15). The largest absolute Gasteiger partial charge is 0.464 e. The van der Waals surface area contributed by atoms with Crippen LogP contribution in [0.4, 0.5) is 5.82 Å². The number of hydrogen-bond acceptors (Lipinski definition) is 6. The van der Waals surface area contributed by atoms with Gasteiger partial charge in [0.05, 0.1) is 19.5 Å². The first-order chi connectivity index (χ1) is 8.63. The smallest absolute Gasteiger partial charge is 0.358 e. The summed E-state index contributed by atoms with van der Waals surface area (Å²) in [7, 11) is 5.44. The monoisotopic (exact) mass is 252 g/mol. The van der Waals surface area contributed by atoms with Gasteiger partial charge in [-0.25, -0.2) is 14.8 Å². The molecular formula is C12H20N4O2. The lowest BCUT2D eigenvalue weighted by molar-refractivity contribution is 0.0593. The summed E-state index contributed by atoms with van der Waals surface area (Å²) in [5, 5.41) is 3.16. The maximum Gasteiger partial charge on any atom is 0.358 e. The van der Waals surface area contributed by atoms with Gasteiger partial charge in [-0.3, -0.25) is 0 Å². The Bertz CT molecular complexity index is 365. The van der Waals surface area contributed by atoms with Crippen molar-refractivity contribution in [2.75, 3.05) is 39.6 Å². The number of anilines is 1. The number of nitrogens with zero attached hydrogens (tertiary/aromatic N) is 3. The van der Waals surface area contributed by atoms with E-state index < -0.39 is 5.97 Å². The van der Waals surface area contributed by atoms with Crippen molar-refractivity contribution >= 4 is 11.8 Å². The van der Waals surface area contributed by atoms with Crippen molar-refractivity contribution in [3.63, 3.8) is 0 Å². The molecule has 100 valence electrons. The predicted octanol–water partition coefficient (Wildman–Crippen LogP) is 1.02. The van der Waals surface area contributed by atoms with E-state index in [4.69, 9.17) is 0 Å². The molecule has 1 heterocycles. The fraction of sp³-hybridized carbons (Fsp3) is 0.583. The van der Waals surface area contributed by atoms with E-state index in [9.17, 15) is 4.79 Å². The summed E-state index contributed by atoms with van der Waals surface area (Å²) in [6, 6.07) is 0. The molecule has 1 N–H and O–H groups in total. The molecule has 0 bridgehead atoms. The van der Waals surface area contributed by atoms with E-state index in [1.165, 1.54) is 19.5 Å². The highest BCUT2D eigenvalue weighted by Gasteiger charge is 2.06. The van der Waals surface area contributed by atoms with Crippen LogP contribution in [0.2, 0.25) is 0 Å². The summed E-state index contributed by atoms with van der Waals surface area (Å²) in [4.78, 5) is 21.4. The van der Waals surface area contributed by atoms with Gasteiger partial charge in [0.2, 0.25) is 0 Å². The summed E-state index contributed by atoms with van der Waals surface area (Å²) in [5.41, 5.74) is 0.218. The molecule has 0 saturated heterocycles. The van der Waals surface area contributed by atoms with Crippen LogP contribution in [-0.2, 0) is 4.74 Å². The molecule has 0 saturated carbocycles. The Morgan fingerprint density at radius 3 is 2.67 bits per heavy atom. The number of esters is 1. The summed E-state index contributed by atoms with van der Waals surface area (Å²) >= 11 is 0. The van der Waals surface area contributed by atoms with Crippen LogP contribution in [0.3, 0.4) is 0 Å². The number of rotatable bonds is 7. The molecule has 1 rings (SSSR count). The van der Waals surface area contributed by atoms with E-state index >= 15 is 0 Å². The third kappa shape index (κ3) is 5.09. The first kappa shape index (κ1) is 14.4. The van der Waals surface area contributed by atoms with Gasteiger partial charge in [0.25, 0.3) is 0 Å². The Labute approximate surface area is 107 Å². The van der Waals surface area contributed by atoms with Crippen LogP contribution in [0, 0.1) is 0 Å². The number of ether oxygens (including phenoxy) is 1. The molecule has 0 unspecified atom stereocenters. The van der Waals surface area contributed by atoms with E-state index in [0.717, 1.165) is 25.9 Å². The highest BCUT2D eigenvalue weighted by atomic mass is 16.5. The summed E-state index contributed by atoms with van der Waals surface area (Å²) < 4.78 is 4.55. The van der Waals surface area contributed by atoms with Crippen LogP contribution in [0.5, 0.6) is 0 Å². The lowest BCUT2D eigenvalue weighted by atomic mass is 10.3. The first-order valence-corrected chi connectivity index (χ1v) is 5.92. The van der Waals surface area contributed by atoms with Crippen molar-refractivity contribution in [2.24, 2.45) is 0 Å². The number of methoxy groups -OCH3 is 1. The summed E-state index contributed by atoms with van der Waals surface area (Å²) in [6.07, 6.45) is 5.15. The number of nitrogens with one attached hydrogen (secondary N) is 1. The first-order valence-electron chi connectivity index (χ1n) is 5.92. The Morgan fingerprint density at radius 2 is 2.11 bits per heavy atom. The summed E-state index contributed by atoms with van der Waals surface area (Å²) in [5.74, 6) is 0.201. The average Bonchev–Trinajstić information content (AvgIpc) is 2.38. The van der Waals surface area contributed by atoms with Gasteiger partial charge in [-0.1, -0.05) is 0 Å². The molecule has 0 aliphatic carbocycles. The number of carbonyl (C=O) groups excluding carboxylic acids is 1. The van der Waals surface area contributed by atoms with Crippen LogP contribution in [0.1, 0.15) is 23.3 Å². The zero-order chi connectivity index (χ0) is 13.4. The van der Waals surface area contributed by atoms with Crippen LogP contribution in [0.15, 0.2) is 12.4 Å². The number of hydrogen-bond donors (Lipinski definition) is 1. The van der Waals surface area contributed by atoms with E-state index in [1.807, 2.05) is 0 Å². The van der Waals surface area contributed by atoms with Gasteiger partial charge in [0, 0.05) is 6.54 Å². The highest BCUT2D eigenvalue weighted by molar-refractivity contribution is 5.86. The Balaban J connectivity index is 2.29. The van der Waals surface area contributed by atoms with Gasteiger partial charge in [0.1, 0.15) is 5.82 Å². The van der Waals surface area contributed by atoms with Crippen molar-refractivity contribution in [3.8, 4) is 0 Å². The maximum atomic E-state index is 11.1. The van der Waals surface area contributed by atoms with Gasteiger partial charge in [0.15, 0.2) is 5.69 Å². The lowest BCUT2D eigenvalue weighted by Gasteiger charge is -2.09. The third-order valence-corrected chi connectivity index (χ3v) is 2.38. The molecule has 18 heavy (non-hydrogen) atoms. The molecule has 0 aromatic carbocycles. The molecule has 0 aliphatic rings. The second-order valence-corrected chi connectivity index (χ2v) is 4.22. The van der Waals surface area contributed by atoms with E-state index in [-0.39, 0.29) is 5.69 Å². The van der Waals surface area contributed by atoms with Crippen molar-refractivity contribution in [1.29, 1.82) is 0 Å². The quantitative estimate of drug-likeness (QED) is 0.577. The van der Waals surface area contributed by atoms with Gasteiger partial charge >= 0.3 is 5.97 Å². The SMILES string of the molecule is COC(=O)c1cnc(NCCCCN(C)C)cn1. The number of unbranched alkanes of at least 4 members (excludes halogenated alkanes) is 1. The molecule has 6 heteroatoms.